The molecular weight excluding hydrogens is 289 g/mol. The van der Waals surface area contributed by atoms with Crippen LogP contribution < -0.4 is 5.43 Å². The highest BCUT2D eigenvalue weighted by atomic mass is 35.5. The summed E-state index contributed by atoms with van der Waals surface area (Å²) in [5, 5.41) is 5.83. The van der Waals surface area contributed by atoms with Crippen molar-refractivity contribution >= 4 is 46.3 Å². The molecule has 3 nitrogen and oxygen atoms in total. The average molecular weight is 302 g/mol. The average Bonchev–Trinajstić information content (AvgIpc) is 2.37. The minimum atomic E-state index is 0.506. The number of nitrogens with one attached hydrogen (secondary N) is 1. The number of hydrogen-bond donors (Lipinski definition) is 1. The second-order valence-electron chi connectivity index (χ2n) is 3.17. The molecule has 96 valence electrons. The highest BCUT2D eigenvalue weighted by Gasteiger charge is 1.98. The molecule has 0 radical (unpaired) electrons. The summed E-state index contributed by atoms with van der Waals surface area (Å²) >= 11 is 13.2. The molecular formula is C12H13Cl2N3S. The third-order valence-electron chi connectivity index (χ3n) is 1.86. The predicted molar refractivity (Wildman–Crippen MR) is 83.2 cm³/mol. The molecule has 0 aliphatic heterocycles. The summed E-state index contributed by atoms with van der Waals surface area (Å²) in [7, 11) is 1.70. The maximum Gasteiger partial charge on any atom is 0.177 e. The van der Waals surface area contributed by atoms with E-state index in [2.05, 4.69) is 22.1 Å². The number of hydrazone groups is 1. The minimum absolute atomic E-state index is 0.506. The number of amidine groups is 1. The summed E-state index contributed by atoms with van der Waals surface area (Å²) in [6, 6.07) is 5.31. The summed E-state index contributed by atoms with van der Waals surface area (Å²) in [4.78, 5) is 4.05. The van der Waals surface area contributed by atoms with Crippen LogP contribution in [0.5, 0.6) is 0 Å². The van der Waals surface area contributed by atoms with E-state index < -0.39 is 0 Å². The molecule has 1 aromatic carbocycles. The van der Waals surface area contributed by atoms with Crippen LogP contribution in [-0.4, -0.2) is 24.2 Å². The van der Waals surface area contributed by atoms with Crippen LogP contribution in [0.4, 0.5) is 0 Å². The minimum Gasteiger partial charge on any atom is -0.265 e. The second kappa shape index (κ2) is 8.19. The molecule has 0 aromatic heterocycles. The maximum atomic E-state index is 5.90. The van der Waals surface area contributed by atoms with Crippen molar-refractivity contribution in [3.8, 4) is 0 Å². The van der Waals surface area contributed by atoms with E-state index in [0.29, 0.717) is 10.0 Å². The van der Waals surface area contributed by atoms with Gasteiger partial charge in [-0.2, -0.15) is 5.10 Å². The Bertz CT molecular complexity index is 472. The lowest BCUT2D eigenvalue weighted by Gasteiger charge is -2.02. The number of hydrogen-bond acceptors (Lipinski definition) is 3. The molecule has 1 aromatic rings. The monoisotopic (exact) mass is 301 g/mol. The Morgan fingerprint density at radius 1 is 1.44 bits per heavy atom. The van der Waals surface area contributed by atoms with E-state index in [1.165, 1.54) is 11.8 Å². The van der Waals surface area contributed by atoms with Gasteiger partial charge in [-0.1, -0.05) is 47.1 Å². The number of nitrogens with zero attached hydrogens (tertiary/aromatic N) is 2. The summed E-state index contributed by atoms with van der Waals surface area (Å²) < 4.78 is 0. The molecule has 1 N–H and O–H groups in total. The predicted octanol–water partition coefficient (Wildman–Crippen LogP) is 3.82. The van der Waals surface area contributed by atoms with Gasteiger partial charge in [-0.15, -0.1) is 6.58 Å². The molecule has 0 aliphatic carbocycles. The van der Waals surface area contributed by atoms with Crippen molar-refractivity contribution in [3.63, 3.8) is 0 Å². The molecule has 0 aliphatic rings. The van der Waals surface area contributed by atoms with E-state index in [9.17, 15) is 0 Å². The van der Waals surface area contributed by atoms with E-state index in [1.54, 1.807) is 31.5 Å². The summed E-state index contributed by atoms with van der Waals surface area (Å²) in [5.41, 5.74) is 3.71. The fraction of sp³-hybridized carbons (Fsp3) is 0.167. The van der Waals surface area contributed by atoms with Crippen LogP contribution in [0.15, 0.2) is 40.9 Å². The molecule has 0 atom stereocenters. The number of halogens is 2. The van der Waals surface area contributed by atoms with Crippen molar-refractivity contribution in [2.75, 3.05) is 12.8 Å². The lowest BCUT2D eigenvalue weighted by atomic mass is 10.2. The van der Waals surface area contributed by atoms with Gasteiger partial charge in [0.05, 0.1) is 16.3 Å². The molecule has 6 heteroatoms. The highest BCUT2D eigenvalue weighted by Crippen LogP contribution is 2.21. The van der Waals surface area contributed by atoms with E-state index in [-0.39, 0.29) is 0 Å². The molecule has 1 rings (SSSR count). The van der Waals surface area contributed by atoms with E-state index in [0.717, 1.165) is 16.5 Å². The number of rotatable bonds is 4. The quantitative estimate of drug-likeness (QED) is 0.397. The first-order chi connectivity index (χ1) is 8.67. The first-order valence-electron chi connectivity index (χ1n) is 5.12. The molecule has 0 spiro atoms. The largest absolute Gasteiger partial charge is 0.265 e. The first-order valence-corrected chi connectivity index (χ1v) is 6.86. The zero-order valence-electron chi connectivity index (χ0n) is 9.86. The lowest BCUT2D eigenvalue weighted by molar-refractivity contribution is 1.05. The molecule has 0 amide bonds. The van der Waals surface area contributed by atoms with Crippen molar-refractivity contribution in [3.05, 3.63) is 46.5 Å². The van der Waals surface area contributed by atoms with Gasteiger partial charge in [-0.3, -0.25) is 10.4 Å². The smallest absolute Gasteiger partial charge is 0.177 e. The van der Waals surface area contributed by atoms with Crippen LogP contribution in [-0.2, 0) is 0 Å². The Hall–Kier alpha value is -0.970. The zero-order chi connectivity index (χ0) is 13.4. The first kappa shape index (κ1) is 15.1. The van der Waals surface area contributed by atoms with Gasteiger partial charge in [0, 0.05) is 12.8 Å². The van der Waals surface area contributed by atoms with E-state index in [4.69, 9.17) is 23.2 Å². The van der Waals surface area contributed by atoms with Crippen molar-refractivity contribution in [1.29, 1.82) is 0 Å². The Morgan fingerprint density at radius 2 is 2.22 bits per heavy atom. The van der Waals surface area contributed by atoms with E-state index >= 15 is 0 Å². The Morgan fingerprint density at radius 3 is 2.83 bits per heavy atom. The van der Waals surface area contributed by atoms with Gasteiger partial charge in [0.25, 0.3) is 0 Å². The van der Waals surface area contributed by atoms with Crippen molar-refractivity contribution in [2.45, 2.75) is 0 Å². The SMILES string of the molecule is C=CCSC(=NC)N/N=C/c1ccc(Cl)c(Cl)c1. The third kappa shape index (κ3) is 5.12. The molecule has 0 fully saturated rings. The van der Waals surface area contributed by atoms with Crippen molar-refractivity contribution < 1.29 is 0 Å². The van der Waals surface area contributed by atoms with Gasteiger partial charge >= 0.3 is 0 Å². The Labute approximate surface area is 121 Å². The van der Waals surface area contributed by atoms with Crippen molar-refractivity contribution in [1.82, 2.24) is 5.43 Å². The topological polar surface area (TPSA) is 36.8 Å². The standard InChI is InChI=1S/C12H13Cl2N3S/c1-3-6-18-12(15-2)17-16-8-9-4-5-10(13)11(14)7-9/h3-5,7-8H,1,6H2,2H3,(H,15,17)/b16-8+. The Balaban J connectivity index is 2.58. The molecule has 0 bridgehead atoms. The van der Waals surface area contributed by atoms with Crippen LogP contribution in [0, 0.1) is 0 Å². The second-order valence-corrected chi connectivity index (χ2v) is 5.00. The molecule has 0 saturated heterocycles. The van der Waals surface area contributed by atoms with Crippen LogP contribution in [0.25, 0.3) is 0 Å². The Kier molecular flexibility index (Phi) is 6.86. The zero-order valence-corrected chi connectivity index (χ0v) is 12.2. The number of benzene rings is 1. The van der Waals surface area contributed by atoms with Crippen LogP contribution in [0.1, 0.15) is 5.56 Å². The lowest BCUT2D eigenvalue weighted by Crippen LogP contribution is -2.14. The summed E-state index contributed by atoms with van der Waals surface area (Å²) in [6.07, 6.45) is 3.46. The number of aliphatic imine (C=N–C) groups is 1. The normalized spacial score (nSPS) is 11.8. The third-order valence-corrected chi connectivity index (χ3v) is 3.55. The molecule has 0 saturated carbocycles. The fourth-order valence-corrected chi connectivity index (χ4v) is 1.87. The number of thioether (sulfide) groups is 1. The van der Waals surface area contributed by atoms with Gasteiger partial charge in [0.1, 0.15) is 0 Å². The van der Waals surface area contributed by atoms with Gasteiger partial charge in [0.2, 0.25) is 0 Å². The van der Waals surface area contributed by atoms with Gasteiger partial charge in [0.15, 0.2) is 5.17 Å². The van der Waals surface area contributed by atoms with E-state index in [1.807, 2.05) is 6.07 Å². The van der Waals surface area contributed by atoms with Gasteiger partial charge < -0.3 is 0 Å². The van der Waals surface area contributed by atoms with Crippen LogP contribution >= 0.6 is 35.0 Å². The molecule has 18 heavy (non-hydrogen) atoms. The van der Waals surface area contributed by atoms with Gasteiger partial charge in [-0.25, -0.2) is 0 Å². The highest BCUT2D eigenvalue weighted by molar-refractivity contribution is 8.13. The molecule has 0 unspecified atom stereocenters. The summed E-state index contributed by atoms with van der Waals surface area (Å²) in [5.74, 6) is 0.780. The van der Waals surface area contributed by atoms with Crippen molar-refractivity contribution in [2.24, 2.45) is 10.1 Å². The summed E-state index contributed by atoms with van der Waals surface area (Å²) in [6.45, 7) is 3.64. The fourth-order valence-electron chi connectivity index (χ4n) is 1.04. The molecule has 0 heterocycles. The maximum absolute atomic E-state index is 5.90. The van der Waals surface area contributed by atoms with Crippen LogP contribution in [0.2, 0.25) is 10.0 Å². The van der Waals surface area contributed by atoms with Crippen LogP contribution in [0.3, 0.4) is 0 Å². The van der Waals surface area contributed by atoms with Gasteiger partial charge in [-0.05, 0) is 17.7 Å².